The summed E-state index contributed by atoms with van der Waals surface area (Å²) in [6.07, 6.45) is 3.91. The average molecular weight is 408 g/mol. The number of aromatic nitrogens is 1. The first-order chi connectivity index (χ1) is 15.9. The molecule has 0 aliphatic carbocycles. The van der Waals surface area contributed by atoms with Crippen molar-refractivity contribution in [3.63, 3.8) is 0 Å². The summed E-state index contributed by atoms with van der Waals surface area (Å²) in [6.45, 7) is 0. The lowest BCUT2D eigenvalue weighted by molar-refractivity contribution is 1.37. The van der Waals surface area contributed by atoms with Crippen LogP contribution in [0.15, 0.2) is 128 Å². The summed E-state index contributed by atoms with van der Waals surface area (Å²) in [5.74, 6) is 0. The van der Waals surface area contributed by atoms with Gasteiger partial charge in [0.05, 0.1) is 0 Å². The first-order valence-electron chi connectivity index (χ1n) is 10.9. The molecule has 5 aromatic carbocycles. The summed E-state index contributed by atoms with van der Waals surface area (Å²) < 4.78 is 0. The van der Waals surface area contributed by atoms with Crippen molar-refractivity contribution in [2.24, 2.45) is 0 Å². The van der Waals surface area contributed by atoms with E-state index in [4.69, 9.17) is 0 Å². The fourth-order valence-corrected chi connectivity index (χ4v) is 4.73. The van der Waals surface area contributed by atoms with Gasteiger partial charge in [-0.3, -0.25) is 4.98 Å². The van der Waals surface area contributed by atoms with Gasteiger partial charge in [-0.15, -0.1) is 0 Å². The Balaban J connectivity index is 1.71. The van der Waals surface area contributed by atoms with Crippen LogP contribution in [0.4, 0.5) is 0 Å². The van der Waals surface area contributed by atoms with Gasteiger partial charge in [0, 0.05) is 17.8 Å². The molecule has 0 amide bonds. The summed E-state index contributed by atoms with van der Waals surface area (Å²) in [5.41, 5.74) is 7.38. The van der Waals surface area contributed by atoms with E-state index >= 15 is 0 Å². The monoisotopic (exact) mass is 407 g/mol. The number of hydrogen-bond acceptors (Lipinski definition) is 1. The van der Waals surface area contributed by atoms with E-state index in [0.29, 0.717) is 0 Å². The predicted octanol–water partition coefficient (Wildman–Crippen LogP) is 8.39. The predicted molar refractivity (Wildman–Crippen MR) is 136 cm³/mol. The molecule has 1 aromatic heterocycles. The molecule has 0 N–H and O–H groups in total. The largest absolute Gasteiger partial charge is 0.264 e. The second-order valence-corrected chi connectivity index (χ2v) is 8.03. The third kappa shape index (κ3) is 3.07. The minimum Gasteiger partial charge on any atom is -0.264 e. The van der Waals surface area contributed by atoms with E-state index in [9.17, 15) is 0 Å². The molecule has 0 saturated heterocycles. The Morgan fingerprint density at radius 3 is 1.62 bits per heavy atom. The Hall–Kier alpha value is -4.23. The molecule has 1 heteroatoms. The van der Waals surface area contributed by atoms with E-state index in [-0.39, 0.29) is 0 Å². The lowest BCUT2D eigenvalue weighted by Crippen LogP contribution is -1.91. The molecular weight excluding hydrogens is 386 g/mol. The van der Waals surface area contributed by atoms with E-state index in [1.165, 1.54) is 54.9 Å². The molecule has 32 heavy (non-hydrogen) atoms. The molecule has 150 valence electrons. The smallest absolute Gasteiger partial charge is 0.0353 e. The molecule has 0 aliphatic heterocycles. The Kier molecular flexibility index (Phi) is 4.51. The SMILES string of the molecule is c1ccc(-c2cccc(-c3c4ccccc4c(-c4ccccc4)c4ccncc34)c2)cc1. The van der Waals surface area contributed by atoms with Crippen molar-refractivity contribution in [1.82, 2.24) is 4.98 Å². The zero-order chi connectivity index (χ0) is 21.3. The Morgan fingerprint density at radius 2 is 0.906 bits per heavy atom. The molecule has 1 nitrogen and oxygen atoms in total. The quantitative estimate of drug-likeness (QED) is 0.268. The van der Waals surface area contributed by atoms with Gasteiger partial charge in [-0.05, 0) is 61.7 Å². The molecule has 6 aromatic rings. The van der Waals surface area contributed by atoms with Crippen molar-refractivity contribution < 1.29 is 0 Å². The Morgan fingerprint density at radius 1 is 0.375 bits per heavy atom. The fourth-order valence-electron chi connectivity index (χ4n) is 4.73. The van der Waals surface area contributed by atoms with Crippen molar-refractivity contribution >= 4 is 21.5 Å². The molecule has 0 atom stereocenters. The fraction of sp³-hybridized carbons (Fsp3) is 0. The van der Waals surface area contributed by atoms with Crippen LogP contribution >= 0.6 is 0 Å². The first-order valence-corrected chi connectivity index (χ1v) is 10.9. The minimum atomic E-state index is 1.18. The molecular formula is C31H21N. The molecule has 0 unspecified atom stereocenters. The van der Waals surface area contributed by atoms with Crippen molar-refractivity contribution in [1.29, 1.82) is 0 Å². The van der Waals surface area contributed by atoms with E-state index in [2.05, 4.69) is 120 Å². The maximum absolute atomic E-state index is 4.52. The van der Waals surface area contributed by atoms with Gasteiger partial charge < -0.3 is 0 Å². The van der Waals surface area contributed by atoms with Crippen molar-refractivity contribution in [3.8, 4) is 33.4 Å². The molecule has 0 aliphatic rings. The molecule has 0 spiro atoms. The Labute approximate surface area is 187 Å². The second kappa shape index (κ2) is 7.79. The van der Waals surface area contributed by atoms with Crippen molar-refractivity contribution in [2.75, 3.05) is 0 Å². The third-order valence-electron chi connectivity index (χ3n) is 6.15. The first kappa shape index (κ1) is 18.5. The molecule has 0 fully saturated rings. The highest BCUT2D eigenvalue weighted by Crippen LogP contribution is 2.43. The van der Waals surface area contributed by atoms with Crippen LogP contribution in [0.25, 0.3) is 54.9 Å². The normalized spacial score (nSPS) is 11.1. The zero-order valence-electron chi connectivity index (χ0n) is 17.6. The topological polar surface area (TPSA) is 12.9 Å². The van der Waals surface area contributed by atoms with E-state index in [0.717, 1.165) is 0 Å². The van der Waals surface area contributed by atoms with Crippen LogP contribution in [0, 0.1) is 0 Å². The standard InChI is InChI=1S/C31H21N/c1-3-10-22(11-4-1)24-14-9-15-25(20-24)31-27-17-8-7-16-26(27)30(23-12-5-2-6-13-23)28-18-19-32-21-29(28)31/h1-21H. The number of pyridine rings is 1. The maximum atomic E-state index is 4.52. The van der Waals surface area contributed by atoms with Crippen LogP contribution in [0.1, 0.15) is 0 Å². The number of nitrogens with zero attached hydrogens (tertiary/aromatic N) is 1. The highest BCUT2D eigenvalue weighted by molar-refractivity contribution is 6.21. The Bertz CT molecular complexity index is 1490. The van der Waals surface area contributed by atoms with E-state index < -0.39 is 0 Å². The molecule has 6 rings (SSSR count). The molecule has 0 bridgehead atoms. The van der Waals surface area contributed by atoms with Crippen LogP contribution in [0.2, 0.25) is 0 Å². The van der Waals surface area contributed by atoms with Gasteiger partial charge >= 0.3 is 0 Å². The van der Waals surface area contributed by atoms with Gasteiger partial charge in [-0.2, -0.15) is 0 Å². The summed E-state index contributed by atoms with van der Waals surface area (Å²) in [5, 5.41) is 4.91. The van der Waals surface area contributed by atoms with Gasteiger partial charge in [0.1, 0.15) is 0 Å². The number of benzene rings is 5. The summed E-state index contributed by atoms with van der Waals surface area (Å²) in [7, 11) is 0. The average Bonchev–Trinajstić information content (AvgIpc) is 2.88. The number of fused-ring (bicyclic) bond motifs is 2. The van der Waals surface area contributed by atoms with E-state index in [1.54, 1.807) is 0 Å². The van der Waals surface area contributed by atoms with Gasteiger partial charge in [0.2, 0.25) is 0 Å². The van der Waals surface area contributed by atoms with Gasteiger partial charge in [-0.1, -0.05) is 103 Å². The number of rotatable bonds is 3. The lowest BCUT2D eigenvalue weighted by Gasteiger charge is -2.17. The van der Waals surface area contributed by atoms with Crippen LogP contribution < -0.4 is 0 Å². The molecule has 0 saturated carbocycles. The third-order valence-corrected chi connectivity index (χ3v) is 6.15. The van der Waals surface area contributed by atoms with Crippen LogP contribution in [0.3, 0.4) is 0 Å². The summed E-state index contributed by atoms with van der Waals surface area (Å²) in [6, 6.07) is 40.9. The molecule has 1 heterocycles. The second-order valence-electron chi connectivity index (χ2n) is 8.03. The van der Waals surface area contributed by atoms with Gasteiger partial charge in [-0.25, -0.2) is 0 Å². The maximum Gasteiger partial charge on any atom is 0.0353 e. The van der Waals surface area contributed by atoms with Crippen molar-refractivity contribution in [2.45, 2.75) is 0 Å². The highest BCUT2D eigenvalue weighted by atomic mass is 14.6. The van der Waals surface area contributed by atoms with Gasteiger partial charge in [0.15, 0.2) is 0 Å². The minimum absolute atomic E-state index is 1.18. The zero-order valence-corrected chi connectivity index (χ0v) is 17.6. The van der Waals surface area contributed by atoms with Crippen LogP contribution in [-0.4, -0.2) is 4.98 Å². The molecule has 0 radical (unpaired) electrons. The number of hydrogen-bond donors (Lipinski definition) is 0. The summed E-state index contributed by atoms with van der Waals surface area (Å²) in [4.78, 5) is 4.52. The van der Waals surface area contributed by atoms with Crippen LogP contribution in [0.5, 0.6) is 0 Å². The van der Waals surface area contributed by atoms with Gasteiger partial charge in [0.25, 0.3) is 0 Å². The van der Waals surface area contributed by atoms with E-state index in [1.807, 2.05) is 12.4 Å². The van der Waals surface area contributed by atoms with Crippen molar-refractivity contribution in [3.05, 3.63) is 128 Å². The highest BCUT2D eigenvalue weighted by Gasteiger charge is 2.16. The summed E-state index contributed by atoms with van der Waals surface area (Å²) >= 11 is 0. The lowest BCUT2D eigenvalue weighted by atomic mass is 9.86. The van der Waals surface area contributed by atoms with Crippen LogP contribution in [-0.2, 0) is 0 Å².